The highest BCUT2D eigenvalue weighted by molar-refractivity contribution is 5.38. The van der Waals surface area contributed by atoms with Crippen LogP contribution in [0.3, 0.4) is 0 Å². The fraction of sp³-hybridized carbons (Fsp3) is 0.312. The summed E-state index contributed by atoms with van der Waals surface area (Å²) in [6.07, 6.45) is 1.03. The van der Waals surface area contributed by atoms with Gasteiger partial charge in [0.15, 0.2) is 0 Å². The second-order valence-corrected chi connectivity index (χ2v) is 5.02. The number of benzene rings is 1. The van der Waals surface area contributed by atoms with E-state index in [1.807, 2.05) is 20.8 Å². The molecule has 1 unspecified atom stereocenters. The Bertz CT molecular complexity index is 620. The molecule has 0 spiro atoms. The van der Waals surface area contributed by atoms with Gasteiger partial charge in [0.25, 0.3) is 5.56 Å². The number of aryl methyl sites for hydroxylation is 3. The Balaban J connectivity index is 2.33. The SMILES string of the molecule is Cc1cc(C)c(C(O)Cn2ccccc2=O)c(C)c1. The van der Waals surface area contributed by atoms with Gasteiger partial charge in [0.2, 0.25) is 0 Å². The fourth-order valence-electron chi connectivity index (χ4n) is 2.61. The number of hydrogen-bond donors (Lipinski definition) is 1. The Kier molecular flexibility index (Phi) is 3.86. The van der Waals surface area contributed by atoms with Crippen molar-refractivity contribution in [3.8, 4) is 0 Å². The highest BCUT2D eigenvalue weighted by Gasteiger charge is 2.14. The second-order valence-electron chi connectivity index (χ2n) is 5.02. The van der Waals surface area contributed by atoms with Gasteiger partial charge < -0.3 is 9.67 Å². The van der Waals surface area contributed by atoms with Gasteiger partial charge >= 0.3 is 0 Å². The molecule has 0 fully saturated rings. The molecule has 0 saturated carbocycles. The van der Waals surface area contributed by atoms with Gasteiger partial charge in [-0.15, -0.1) is 0 Å². The molecule has 0 aliphatic carbocycles. The summed E-state index contributed by atoms with van der Waals surface area (Å²) in [5.41, 5.74) is 4.14. The molecule has 0 saturated heterocycles. The number of aliphatic hydroxyl groups is 1. The number of aliphatic hydroxyl groups excluding tert-OH is 1. The molecule has 2 aromatic rings. The van der Waals surface area contributed by atoms with E-state index >= 15 is 0 Å². The molecule has 0 radical (unpaired) electrons. The van der Waals surface area contributed by atoms with Crippen LogP contribution >= 0.6 is 0 Å². The average molecular weight is 257 g/mol. The van der Waals surface area contributed by atoms with Gasteiger partial charge in [0.05, 0.1) is 12.6 Å². The molecule has 100 valence electrons. The zero-order chi connectivity index (χ0) is 14.0. The lowest BCUT2D eigenvalue weighted by Gasteiger charge is -2.18. The van der Waals surface area contributed by atoms with Gasteiger partial charge in [0, 0.05) is 12.3 Å². The molecule has 1 atom stereocenters. The van der Waals surface area contributed by atoms with Crippen molar-refractivity contribution in [2.24, 2.45) is 0 Å². The van der Waals surface area contributed by atoms with E-state index in [1.165, 1.54) is 16.2 Å². The van der Waals surface area contributed by atoms with Crippen molar-refractivity contribution in [1.29, 1.82) is 0 Å². The minimum Gasteiger partial charge on any atom is -0.387 e. The van der Waals surface area contributed by atoms with E-state index in [0.717, 1.165) is 16.7 Å². The van der Waals surface area contributed by atoms with Crippen LogP contribution in [-0.2, 0) is 6.54 Å². The van der Waals surface area contributed by atoms with Gasteiger partial charge in [-0.1, -0.05) is 23.8 Å². The minimum atomic E-state index is -0.666. The van der Waals surface area contributed by atoms with E-state index in [4.69, 9.17) is 0 Å². The number of pyridine rings is 1. The molecular formula is C16H19NO2. The van der Waals surface area contributed by atoms with E-state index in [1.54, 1.807) is 18.3 Å². The standard InChI is InChI=1S/C16H19NO2/c1-11-8-12(2)16(13(3)9-11)14(18)10-17-7-5-4-6-15(17)19/h4-9,14,18H,10H2,1-3H3. The van der Waals surface area contributed by atoms with Crippen LogP contribution in [0, 0.1) is 20.8 Å². The van der Waals surface area contributed by atoms with Crippen molar-refractivity contribution in [1.82, 2.24) is 4.57 Å². The molecule has 19 heavy (non-hydrogen) atoms. The maximum Gasteiger partial charge on any atom is 0.250 e. The third-order valence-electron chi connectivity index (χ3n) is 3.34. The van der Waals surface area contributed by atoms with Crippen molar-refractivity contribution in [3.05, 3.63) is 69.1 Å². The Hall–Kier alpha value is -1.87. The average Bonchev–Trinajstić information content (AvgIpc) is 2.30. The fourth-order valence-corrected chi connectivity index (χ4v) is 2.61. The smallest absolute Gasteiger partial charge is 0.250 e. The van der Waals surface area contributed by atoms with Crippen LogP contribution < -0.4 is 5.56 Å². The number of aromatic nitrogens is 1. The zero-order valence-electron chi connectivity index (χ0n) is 11.6. The van der Waals surface area contributed by atoms with Crippen molar-refractivity contribution < 1.29 is 5.11 Å². The van der Waals surface area contributed by atoms with Crippen molar-refractivity contribution in [3.63, 3.8) is 0 Å². The summed E-state index contributed by atoms with van der Waals surface area (Å²) in [6, 6.07) is 9.11. The number of nitrogens with zero attached hydrogens (tertiary/aromatic N) is 1. The van der Waals surface area contributed by atoms with Crippen molar-refractivity contribution >= 4 is 0 Å². The van der Waals surface area contributed by atoms with Crippen molar-refractivity contribution in [2.75, 3.05) is 0 Å². The number of hydrogen-bond acceptors (Lipinski definition) is 2. The van der Waals surface area contributed by atoms with Crippen LogP contribution in [0.2, 0.25) is 0 Å². The molecule has 1 aromatic carbocycles. The molecule has 1 aromatic heterocycles. The van der Waals surface area contributed by atoms with Crippen molar-refractivity contribution in [2.45, 2.75) is 33.4 Å². The van der Waals surface area contributed by atoms with E-state index < -0.39 is 6.10 Å². The number of rotatable bonds is 3. The van der Waals surface area contributed by atoms with E-state index in [9.17, 15) is 9.90 Å². The Morgan fingerprint density at radius 2 is 1.79 bits per heavy atom. The summed E-state index contributed by atoms with van der Waals surface area (Å²) in [5, 5.41) is 10.4. The summed E-state index contributed by atoms with van der Waals surface area (Å²) in [6.45, 7) is 6.31. The normalized spacial score (nSPS) is 12.4. The molecule has 0 amide bonds. The Labute approximate surface area is 113 Å². The lowest BCUT2D eigenvalue weighted by molar-refractivity contribution is 0.153. The van der Waals surface area contributed by atoms with E-state index in [-0.39, 0.29) is 12.1 Å². The Morgan fingerprint density at radius 3 is 2.37 bits per heavy atom. The third-order valence-corrected chi connectivity index (χ3v) is 3.34. The van der Waals surface area contributed by atoms with Gasteiger partial charge in [0.1, 0.15) is 0 Å². The summed E-state index contributed by atoms with van der Waals surface area (Å²) in [5.74, 6) is 0. The maximum absolute atomic E-state index is 11.7. The first-order valence-corrected chi connectivity index (χ1v) is 6.40. The minimum absolute atomic E-state index is 0.0935. The van der Waals surface area contributed by atoms with Gasteiger partial charge in [-0.25, -0.2) is 0 Å². The molecule has 0 aliphatic rings. The highest BCUT2D eigenvalue weighted by Crippen LogP contribution is 2.24. The largest absolute Gasteiger partial charge is 0.387 e. The lowest BCUT2D eigenvalue weighted by atomic mass is 9.95. The molecule has 2 rings (SSSR count). The predicted molar refractivity (Wildman–Crippen MR) is 76.3 cm³/mol. The monoisotopic (exact) mass is 257 g/mol. The third kappa shape index (κ3) is 2.93. The topological polar surface area (TPSA) is 42.2 Å². The second kappa shape index (κ2) is 5.41. The highest BCUT2D eigenvalue weighted by atomic mass is 16.3. The molecule has 0 aliphatic heterocycles. The maximum atomic E-state index is 11.7. The van der Waals surface area contributed by atoms with Crippen LogP contribution in [0.15, 0.2) is 41.3 Å². The first-order valence-electron chi connectivity index (χ1n) is 6.40. The summed E-state index contributed by atoms with van der Waals surface area (Å²) in [4.78, 5) is 11.7. The summed E-state index contributed by atoms with van der Waals surface area (Å²) >= 11 is 0. The van der Waals surface area contributed by atoms with Gasteiger partial charge in [-0.3, -0.25) is 4.79 Å². The molecule has 3 nitrogen and oxygen atoms in total. The van der Waals surface area contributed by atoms with E-state index in [0.29, 0.717) is 0 Å². The molecule has 0 bridgehead atoms. The zero-order valence-corrected chi connectivity index (χ0v) is 11.6. The van der Waals surface area contributed by atoms with Crippen LogP contribution in [0.5, 0.6) is 0 Å². The molecule has 3 heteroatoms. The summed E-state index contributed by atoms with van der Waals surface area (Å²) < 4.78 is 1.53. The van der Waals surface area contributed by atoms with Crippen LogP contribution in [0.25, 0.3) is 0 Å². The molecular weight excluding hydrogens is 238 g/mol. The first-order chi connectivity index (χ1) is 8.99. The lowest BCUT2D eigenvalue weighted by Crippen LogP contribution is -2.22. The first kappa shape index (κ1) is 13.6. The van der Waals surface area contributed by atoms with E-state index in [2.05, 4.69) is 12.1 Å². The molecule has 1 N–H and O–H groups in total. The van der Waals surface area contributed by atoms with Gasteiger partial charge in [-0.05, 0) is 43.5 Å². The predicted octanol–water partition coefficient (Wildman–Crippen LogP) is 2.51. The van der Waals surface area contributed by atoms with Crippen LogP contribution in [0.4, 0.5) is 0 Å². The molecule has 1 heterocycles. The quantitative estimate of drug-likeness (QED) is 0.918. The summed E-state index contributed by atoms with van der Waals surface area (Å²) in [7, 11) is 0. The van der Waals surface area contributed by atoms with Crippen LogP contribution in [-0.4, -0.2) is 9.67 Å². The van der Waals surface area contributed by atoms with Crippen LogP contribution in [0.1, 0.15) is 28.4 Å². The Morgan fingerprint density at radius 1 is 1.16 bits per heavy atom. The van der Waals surface area contributed by atoms with Gasteiger partial charge in [-0.2, -0.15) is 0 Å².